The minimum Gasteiger partial charge on any atom is -0.494 e. The van der Waals surface area contributed by atoms with Crippen molar-refractivity contribution in [2.75, 3.05) is 37.7 Å². The van der Waals surface area contributed by atoms with Crippen LogP contribution in [0.5, 0.6) is 5.75 Å². The number of nitrogens with two attached hydrogens (primary N) is 1. The van der Waals surface area contributed by atoms with E-state index < -0.39 is 6.03 Å². The zero-order valence-corrected chi connectivity index (χ0v) is 25.8. The van der Waals surface area contributed by atoms with Crippen LogP contribution >= 0.6 is 0 Å². The molecule has 1 heterocycles. The number of likely N-dealkylation sites (tertiary alicyclic amines) is 1. The Balaban J connectivity index is 1.41. The second-order valence-electron chi connectivity index (χ2n) is 11.4. The van der Waals surface area contributed by atoms with Gasteiger partial charge in [-0.3, -0.25) is 14.6 Å². The topological polar surface area (TPSA) is 87.9 Å². The summed E-state index contributed by atoms with van der Waals surface area (Å²) in [5.74, 6) is 0.768. The van der Waals surface area contributed by atoms with Gasteiger partial charge in [-0.25, -0.2) is 4.79 Å². The van der Waals surface area contributed by atoms with Gasteiger partial charge in [-0.1, -0.05) is 93.3 Å². The van der Waals surface area contributed by atoms with Crippen LogP contribution < -0.4 is 20.7 Å². The van der Waals surface area contributed by atoms with Crippen molar-refractivity contribution in [2.24, 2.45) is 11.7 Å². The quantitative estimate of drug-likeness (QED) is 0.185. The van der Waals surface area contributed by atoms with Crippen molar-refractivity contribution < 1.29 is 14.3 Å². The molecule has 1 saturated heterocycles. The first-order valence-corrected chi connectivity index (χ1v) is 16.0. The predicted molar refractivity (Wildman–Crippen MR) is 175 cm³/mol. The smallest absolute Gasteiger partial charge is 0.319 e. The van der Waals surface area contributed by atoms with Crippen LogP contribution in [0.2, 0.25) is 0 Å². The summed E-state index contributed by atoms with van der Waals surface area (Å²) in [5.41, 5.74) is 9.36. The summed E-state index contributed by atoms with van der Waals surface area (Å²) >= 11 is 0. The van der Waals surface area contributed by atoms with Crippen molar-refractivity contribution >= 4 is 17.6 Å². The fourth-order valence-electron chi connectivity index (χ4n) is 6.04. The van der Waals surface area contributed by atoms with E-state index in [2.05, 4.69) is 77.8 Å². The Hall–Kier alpha value is -3.84. The molecule has 4 rings (SSSR count). The fourth-order valence-corrected chi connectivity index (χ4v) is 6.04. The molecule has 0 aromatic heterocycles. The zero-order valence-electron chi connectivity index (χ0n) is 25.8. The molecule has 0 saturated carbocycles. The molecule has 0 radical (unpaired) electrons. The van der Waals surface area contributed by atoms with E-state index in [4.69, 9.17) is 10.5 Å². The molecule has 7 heteroatoms. The number of nitrogens with zero attached hydrogens (tertiary/aromatic N) is 2. The second kappa shape index (κ2) is 16.7. The predicted octanol–water partition coefficient (Wildman–Crippen LogP) is 7.17. The van der Waals surface area contributed by atoms with E-state index >= 15 is 0 Å². The van der Waals surface area contributed by atoms with E-state index in [1.165, 1.54) is 22.4 Å². The standard InChI is InChI=1S/C36H48N4O3/c1-3-5-6-7-14-23-40(36(37)42)33-20-19-31(43-4-2)26-32(33)35(41)38-27-28-21-24-39(25-22-28)34(29-15-10-8-11-16-29)30-17-12-9-13-18-30/h8-13,15-20,26,28,34H,3-7,14,21-25,27H2,1-2H3,(H2,37,42)(H,38,41). The molecule has 0 bridgehead atoms. The van der Waals surface area contributed by atoms with E-state index in [1.54, 1.807) is 18.2 Å². The number of carbonyl (C=O) groups excluding carboxylic acids is 2. The maximum absolute atomic E-state index is 13.6. The van der Waals surface area contributed by atoms with Crippen molar-refractivity contribution in [1.29, 1.82) is 0 Å². The number of nitrogens with one attached hydrogen (secondary N) is 1. The van der Waals surface area contributed by atoms with Crippen LogP contribution in [-0.2, 0) is 0 Å². The minimum absolute atomic E-state index is 0.206. The summed E-state index contributed by atoms with van der Waals surface area (Å²) in [6, 6.07) is 26.3. The number of benzene rings is 3. The molecule has 0 unspecified atom stereocenters. The molecule has 3 aromatic rings. The van der Waals surface area contributed by atoms with Gasteiger partial charge in [0.15, 0.2) is 0 Å². The van der Waals surface area contributed by atoms with Gasteiger partial charge < -0.3 is 15.8 Å². The molecule has 1 aliphatic heterocycles. The molecule has 230 valence electrons. The first-order chi connectivity index (χ1) is 21.0. The van der Waals surface area contributed by atoms with E-state index in [0.717, 1.165) is 51.6 Å². The molecule has 0 aliphatic carbocycles. The van der Waals surface area contributed by atoms with Crippen molar-refractivity contribution in [1.82, 2.24) is 10.2 Å². The SMILES string of the molecule is CCCCCCCN(C(N)=O)c1ccc(OCC)cc1C(=O)NCC1CCN(C(c2ccccc2)c2ccccc2)CC1. The van der Waals surface area contributed by atoms with Crippen molar-refractivity contribution in [3.05, 3.63) is 95.6 Å². The van der Waals surface area contributed by atoms with E-state index in [-0.39, 0.29) is 11.9 Å². The van der Waals surface area contributed by atoms with Crippen LogP contribution in [0.1, 0.15) is 86.3 Å². The number of hydrogen-bond donors (Lipinski definition) is 2. The lowest BCUT2D eigenvalue weighted by Crippen LogP contribution is -2.41. The van der Waals surface area contributed by atoms with E-state index in [1.807, 2.05) is 6.92 Å². The van der Waals surface area contributed by atoms with Crippen LogP contribution in [0.15, 0.2) is 78.9 Å². The first kappa shape index (κ1) is 32.1. The van der Waals surface area contributed by atoms with Crippen LogP contribution in [0.3, 0.4) is 0 Å². The largest absolute Gasteiger partial charge is 0.494 e. The van der Waals surface area contributed by atoms with E-state index in [0.29, 0.717) is 42.6 Å². The number of ether oxygens (including phenoxy) is 1. The number of piperidine rings is 1. The number of rotatable bonds is 15. The monoisotopic (exact) mass is 584 g/mol. The number of unbranched alkanes of at least 4 members (excludes halogenated alkanes) is 4. The third kappa shape index (κ3) is 9.07. The van der Waals surface area contributed by atoms with Gasteiger partial charge in [-0.2, -0.15) is 0 Å². The Bertz CT molecular complexity index is 1240. The lowest BCUT2D eigenvalue weighted by molar-refractivity contribution is 0.0930. The van der Waals surface area contributed by atoms with Crippen molar-refractivity contribution in [2.45, 2.75) is 64.8 Å². The highest BCUT2D eigenvalue weighted by atomic mass is 16.5. The second-order valence-corrected chi connectivity index (χ2v) is 11.4. The summed E-state index contributed by atoms with van der Waals surface area (Å²) in [6.45, 7) is 7.54. The van der Waals surface area contributed by atoms with Gasteiger partial charge in [0.05, 0.1) is 23.9 Å². The first-order valence-electron chi connectivity index (χ1n) is 16.0. The fraction of sp³-hybridized carbons (Fsp3) is 0.444. The Morgan fingerprint density at radius 2 is 1.53 bits per heavy atom. The van der Waals surface area contributed by atoms with Crippen molar-refractivity contribution in [3.8, 4) is 5.75 Å². The third-order valence-corrected chi connectivity index (χ3v) is 8.36. The number of amides is 3. The third-order valence-electron chi connectivity index (χ3n) is 8.36. The average Bonchev–Trinajstić information content (AvgIpc) is 3.03. The van der Waals surface area contributed by atoms with Gasteiger partial charge in [-0.05, 0) is 74.5 Å². The lowest BCUT2D eigenvalue weighted by atomic mass is 9.91. The number of anilines is 1. The molecule has 0 atom stereocenters. The molecule has 0 spiro atoms. The molecule has 3 amide bonds. The maximum atomic E-state index is 13.6. The number of hydrogen-bond acceptors (Lipinski definition) is 4. The van der Waals surface area contributed by atoms with Gasteiger partial charge in [0.1, 0.15) is 5.75 Å². The number of primary amides is 1. The van der Waals surface area contributed by atoms with Crippen LogP contribution in [0.4, 0.5) is 10.5 Å². The highest BCUT2D eigenvalue weighted by Gasteiger charge is 2.28. The van der Waals surface area contributed by atoms with E-state index in [9.17, 15) is 9.59 Å². The minimum atomic E-state index is -0.549. The van der Waals surface area contributed by atoms with Crippen LogP contribution in [-0.4, -0.2) is 49.6 Å². The van der Waals surface area contributed by atoms with Gasteiger partial charge in [-0.15, -0.1) is 0 Å². The average molecular weight is 585 g/mol. The number of carbonyl (C=O) groups is 2. The summed E-state index contributed by atoms with van der Waals surface area (Å²) in [7, 11) is 0. The maximum Gasteiger partial charge on any atom is 0.319 e. The molecule has 3 N–H and O–H groups in total. The van der Waals surface area contributed by atoms with Crippen LogP contribution in [0.25, 0.3) is 0 Å². The highest BCUT2D eigenvalue weighted by Crippen LogP contribution is 2.32. The molecule has 1 fully saturated rings. The van der Waals surface area contributed by atoms with Gasteiger partial charge in [0.25, 0.3) is 5.91 Å². The van der Waals surface area contributed by atoms with Gasteiger partial charge in [0.2, 0.25) is 0 Å². The Kier molecular flexibility index (Phi) is 12.5. The molecule has 1 aliphatic rings. The molecular weight excluding hydrogens is 536 g/mol. The summed E-state index contributed by atoms with van der Waals surface area (Å²) in [5, 5.41) is 3.17. The zero-order chi connectivity index (χ0) is 30.4. The Labute approximate surface area is 257 Å². The molecule has 3 aromatic carbocycles. The summed E-state index contributed by atoms with van der Waals surface area (Å²) in [4.78, 5) is 30.2. The molecule has 43 heavy (non-hydrogen) atoms. The number of urea groups is 1. The van der Waals surface area contributed by atoms with Crippen molar-refractivity contribution in [3.63, 3.8) is 0 Å². The normalized spacial score (nSPS) is 14.0. The molecular formula is C36H48N4O3. The summed E-state index contributed by atoms with van der Waals surface area (Å²) in [6.07, 6.45) is 7.29. The van der Waals surface area contributed by atoms with Gasteiger partial charge in [0, 0.05) is 13.1 Å². The van der Waals surface area contributed by atoms with Crippen LogP contribution in [0, 0.1) is 5.92 Å². The Morgan fingerprint density at radius 3 is 2.12 bits per heavy atom. The lowest BCUT2D eigenvalue weighted by Gasteiger charge is -2.38. The Morgan fingerprint density at radius 1 is 0.907 bits per heavy atom. The highest BCUT2D eigenvalue weighted by molar-refractivity contribution is 6.04. The van der Waals surface area contributed by atoms with Gasteiger partial charge >= 0.3 is 6.03 Å². The molecule has 7 nitrogen and oxygen atoms in total. The summed E-state index contributed by atoms with van der Waals surface area (Å²) < 4.78 is 5.70.